The third-order valence-corrected chi connectivity index (χ3v) is 3.39. The van der Waals surface area contributed by atoms with Gasteiger partial charge in [-0.25, -0.2) is 4.39 Å². The Kier molecular flexibility index (Phi) is 3.69. The molecule has 0 radical (unpaired) electrons. The summed E-state index contributed by atoms with van der Waals surface area (Å²) in [7, 11) is 0. The number of fused-ring (bicyclic) bond motifs is 1. The van der Waals surface area contributed by atoms with Crippen LogP contribution in [0, 0.1) is 11.7 Å². The van der Waals surface area contributed by atoms with E-state index in [-0.39, 0.29) is 17.6 Å². The molecule has 0 aromatic heterocycles. The zero-order valence-corrected chi connectivity index (χ0v) is 10.6. The number of hydrogen-bond acceptors (Lipinski definition) is 3. The zero-order chi connectivity index (χ0) is 14.0. The maximum Gasteiger partial charge on any atom is 0.237 e. The topological polar surface area (TPSA) is 78.9 Å². The number of benzene rings is 1. The lowest BCUT2D eigenvalue weighted by Gasteiger charge is -2.22. The van der Waals surface area contributed by atoms with Crippen molar-refractivity contribution in [1.29, 1.82) is 0 Å². The highest BCUT2D eigenvalue weighted by molar-refractivity contribution is 6.09. The maximum absolute atomic E-state index is 13.3. The van der Waals surface area contributed by atoms with Gasteiger partial charge in [0.25, 0.3) is 0 Å². The van der Waals surface area contributed by atoms with Crippen molar-refractivity contribution < 1.29 is 14.4 Å². The molecular weight excluding hydrogens is 249 g/mol. The van der Waals surface area contributed by atoms with E-state index in [1.807, 2.05) is 0 Å². The Labute approximate surface area is 110 Å². The van der Waals surface area contributed by atoms with Crippen LogP contribution in [-0.4, -0.2) is 23.5 Å². The minimum absolute atomic E-state index is 0.114. The van der Waals surface area contributed by atoms with Crippen LogP contribution >= 0.6 is 0 Å². The number of hydrogen-bond donors (Lipinski definition) is 2. The van der Waals surface area contributed by atoms with E-state index in [1.165, 1.54) is 17.0 Å². The molecule has 1 atom stereocenters. The molecular formula is C13H16FN3O2. The Morgan fingerprint density at radius 1 is 1.63 bits per heavy atom. The molecule has 1 aliphatic heterocycles. The van der Waals surface area contributed by atoms with E-state index < -0.39 is 5.92 Å². The first-order valence-electron chi connectivity index (χ1n) is 6.15. The van der Waals surface area contributed by atoms with Gasteiger partial charge in [0.15, 0.2) is 5.84 Å². The van der Waals surface area contributed by atoms with Crippen LogP contribution in [0.15, 0.2) is 23.4 Å². The van der Waals surface area contributed by atoms with Crippen molar-refractivity contribution in [3.05, 3.63) is 29.6 Å². The summed E-state index contributed by atoms with van der Waals surface area (Å²) in [5.74, 6) is -1.44. The summed E-state index contributed by atoms with van der Waals surface area (Å²) in [6.45, 7) is 2.27. The van der Waals surface area contributed by atoms with Crippen molar-refractivity contribution in [3.63, 3.8) is 0 Å². The lowest BCUT2D eigenvalue weighted by molar-refractivity contribution is -0.120. The minimum Gasteiger partial charge on any atom is -0.409 e. The number of nitrogens with two attached hydrogens (primary N) is 1. The third-order valence-electron chi connectivity index (χ3n) is 3.39. The molecule has 0 bridgehead atoms. The van der Waals surface area contributed by atoms with Gasteiger partial charge in [0.1, 0.15) is 5.82 Å². The lowest BCUT2D eigenvalue weighted by atomic mass is 10.0. The van der Waals surface area contributed by atoms with Gasteiger partial charge in [0, 0.05) is 12.2 Å². The number of anilines is 1. The zero-order valence-electron chi connectivity index (χ0n) is 10.6. The highest BCUT2D eigenvalue weighted by atomic mass is 19.1. The molecule has 0 aliphatic carbocycles. The molecule has 1 amide bonds. The van der Waals surface area contributed by atoms with E-state index in [0.29, 0.717) is 25.1 Å². The Balaban J connectivity index is 2.30. The predicted molar refractivity (Wildman–Crippen MR) is 69.6 cm³/mol. The first kappa shape index (κ1) is 13.3. The van der Waals surface area contributed by atoms with Gasteiger partial charge in [-0.2, -0.15) is 0 Å². The molecule has 0 saturated carbocycles. The van der Waals surface area contributed by atoms with Gasteiger partial charge in [0.05, 0.1) is 5.92 Å². The van der Waals surface area contributed by atoms with Crippen LogP contribution in [-0.2, 0) is 11.2 Å². The van der Waals surface area contributed by atoms with Crippen molar-refractivity contribution in [2.45, 2.75) is 19.8 Å². The van der Waals surface area contributed by atoms with Gasteiger partial charge >= 0.3 is 0 Å². The molecule has 0 spiro atoms. The second-order valence-electron chi connectivity index (χ2n) is 4.50. The molecule has 0 saturated heterocycles. The van der Waals surface area contributed by atoms with Gasteiger partial charge in [-0.1, -0.05) is 18.1 Å². The summed E-state index contributed by atoms with van der Waals surface area (Å²) in [6.07, 6.45) is 1.11. The molecule has 0 fully saturated rings. The van der Waals surface area contributed by atoms with Crippen LogP contribution in [0.2, 0.25) is 0 Å². The fourth-order valence-corrected chi connectivity index (χ4v) is 2.35. The molecule has 1 unspecified atom stereocenters. The van der Waals surface area contributed by atoms with Crippen LogP contribution in [0.5, 0.6) is 0 Å². The van der Waals surface area contributed by atoms with Crippen molar-refractivity contribution in [3.8, 4) is 0 Å². The van der Waals surface area contributed by atoms with Crippen molar-refractivity contribution >= 4 is 17.4 Å². The molecule has 102 valence electrons. The van der Waals surface area contributed by atoms with Crippen molar-refractivity contribution in [2.75, 3.05) is 11.4 Å². The normalized spacial score (nSPS) is 16.3. The molecule has 6 heteroatoms. The summed E-state index contributed by atoms with van der Waals surface area (Å²) in [5, 5.41) is 11.6. The first-order chi connectivity index (χ1) is 9.08. The number of carbonyl (C=O) groups excluding carboxylic acids is 1. The smallest absolute Gasteiger partial charge is 0.237 e. The Bertz CT molecular complexity index is 531. The van der Waals surface area contributed by atoms with E-state index in [2.05, 4.69) is 5.16 Å². The standard InChI is InChI=1S/C13H16FN3O2/c1-2-10(12(15)16-19)13(18)17-6-5-8-3-4-9(14)7-11(8)17/h3-4,7,10,19H,2,5-6H2,1H3,(H2,15,16). The molecule has 19 heavy (non-hydrogen) atoms. The number of nitrogens with zero attached hydrogens (tertiary/aromatic N) is 2. The SMILES string of the molecule is CCC(C(=O)N1CCc2ccc(F)cc21)/C(N)=N/O. The fourth-order valence-electron chi connectivity index (χ4n) is 2.35. The second kappa shape index (κ2) is 5.26. The molecule has 1 aliphatic rings. The second-order valence-corrected chi connectivity index (χ2v) is 4.50. The predicted octanol–water partition coefficient (Wildman–Crippen LogP) is 1.49. The average molecular weight is 265 g/mol. The summed E-state index contributed by atoms with van der Waals surface area (Å²) < 4.78 is 13.3. The molecule has 1 heterocycles. The van der Waals surface area contributed by atoms with Crippen LogP contribution in [0.25, 0.3) is 0 Å². The quantitative estimate of drug-likeness (QED) is 0.376. The maximum atomic E-state index is 13.3. The Morgan fingerprint density at radius 3 is 3.00 bits per heavy atom. The van der Waals surface area contributed by atoms with Crippen LogP contribution < -0.4 is 10.6 Å². The summed E-state index contributed by atoms with van der Waals surface area (Å²) in [5.41, 5.74) is 7.04. The largest absolute Gasteiger partial charge is 0.409 e. The molecule has 2 rings (SSSR count). The third kappa shape index (κ3) is 2.38. The molecule has 3 N–H and O–H groups in total. The monoisotopic (exact) mass is 265 g/mol. The van der Waals surface area contributed by atoms with Gasteiger partial charge in [-0.3, -0.25) is 4.79 Å². The van der Waals surface area contributed by atoms with Crippen molar-refractivity contribution in [1.82, 2.24) is 0 Å². The molecule has 1 aromatic carbocycles. The van der Waals surface area contributed by atoms with E-state index in [9.17, 15) is 9.18 Å². The summed E-state index contributed by atoms with van der Waals surface area (Å²) in [6, 6.07) is 4.41. The molecule has 5 nitrogen and oxygen atoms in total. The number of rotatable bonds is 3. The number of oxime groups is 1. The number of halogens is 1. The van der Waals surface area contributed by atoms with E-state index in [4.69, 9.17) is 10.9 Å². The first-order valence-corrected chi connectivity index (χ1v) is 6.15. The number of carbonyl (C=O) groups is 1. The fraction of sp³-hybridized carbons (Fsp3) is 0.385. The summed E-state index contributed by atoms with van der Waals surface area (Å²) in [4.78, 5) is 13.9. The molecule has 1 aromatic rings. The van der Waals surface area contributed by atoms with E-state index >= 15 is 0 Å². The van der Waals surface area contributed by atoms with Gasteiger partial charge in [0.2, 0.25) is 5.91 Å². The van der Waals surface area contributed by atoms with E-state index in [1.54, 1.807) is 13.0 Å². The lowest BCUT2D eigenvalue weighted by Crippen LogP contribution is -2.41. The van der Waals surface area contributed by atoms with Crippen LogP contribution in [0.3, 0.4) is 0 Å². The van der Waals surface area contributed by atoms with Gasteiger partial charge in [-0.15, -0.1) is 0 Å². The van der Waals surface area contributed by atoms with Crippen LogP contribution in [0.1, 0.15) is 18.9 Å². The van der Waals surface area contributed by atoms with Crippen molar-refractivity contribution in [2.24, 2.45) is 16.8 Å². The Hall–Kier alpha value is -2.11. The van der Waals surface area contributed by atoms with Crippen LogP contribution in [0.4, 0.5) is 10.1 Å². The summed E-state index contributed by atoms with van der Waals surface area (Å²) >= 11 is 0. The minimum atomic E-state index is -0.681. The van der Waals surface area contributed by atoms with Gasteiger partial charge < -0.3 is 15.8 Å². The number of amides is 1. The average Bonchev–Trinajstić information content (AvgIpc) is 2.81. The highest BCUT2D eigenvalue weighted by Crippen LogP contribution is 2.30. The Morgan fingerprint density at radius 2 is 2.37 bits per heavy atom. The van der Waals surface area contributed by atoms with Gasteiger partial charge in [-0.05, 0) is 30.5 Å². The number of amidine groups is 1. The highest BCUT2D eigenvalue weighted by Gasteiger charge is 2.31. The van der Waals surface area contributed by atoms with E-state index in [0.717, 1.165) is 5.56 Å².